The summed E-state index contributed by atoms with van der Waals surface area (Å²) < 4.78 is 0. The van der Waals surface area contributed by atoms with Crippen molar-refractivity contribution < 1.29 is 0 Å². The van der Waals surface area contributed by atoms with Gasteiger partial charge in [-0.25, -0.2) is 0 Å². The first-order chi connectivity index (χ1) is 5.11. The Morgan fingerprint density at radius 3 is 2.55 bits per heavy atom. The predicted molar refractivity (Wildman–Crippen MR) is 49.6 cm³/mol. The average Bonchev–Trinajstić information content (AvgIpc) is 1.94. The third-order valence-corrected chi connectivity index (χ3v) is 1.66. The van der Waals surface area contributed by atoms with Crippen molar-refractivity contribution in [2.24, 2.45) is 5.73 Å². The van der Waals surface area contributed by atoms with E-state index in [0.717, 1.165) is 17.0 Å². The molecule has 0 aromatic carbocycles. The van der Waals surface area contributed by atoms with Crippen LogP contribution in [-0.4, -0.2) is 9.97 Å². The molecule has 0 saturated carbocycles. The lowest BCUT2D eigenvalue weighted by Crippen LogP contribution is -2.13. The summed E-state index contributed by atoms with van der Waals surface area (Å²) in [5, 5.41) is 0. The molecule has 11 heavy (non-hydrogen) atoms. The highest BCUT2D eigenvalue weighted by Crippen LogP contribution is 2.05. The van der Waals surface area contributed by atoms with Crippen molar-refractivity contribution in [3.8, 4) is 0 Å². The summed E-state index contributed by atoms with van der Waals surface area (Å²) in [6.07, 6.45) is 0. The van der Waals surface area contributed by atoms with Crippen LogP contribution in [0.5, 0.6) is 0 Å². The van der Waals surface area contributed by atoms with Gasteiger partial charge in [0, 0.05) is 5.69 Å². The van der Waals surface area contributed by atoms with E-state index < -0.39 is 0 Å². The van der Waals surface area contributed by atoms with Gasteiger partial charge >= 0.3 is 0 Å². The molecule has 0 aliphatic carbocycles. The Morgan fingerprint density at radius 2 is 2.09 bits per heavy atom. The zero-order valence-corrected chi connectivity index (χ0v) is 7.40. The zero-order chi connectivity index (χ0) is 8.43. The van der Waals surface area contributed by atoms with Gasteiger partial charge in [-0.15, -0.1) is 0 Å². The van der Waals surface area contributed by atoms with E-state index in [1.807, 2.05) is 26.0 Å². The number of rotatable bonds is 1. The number of hydrogen-bond donors (Lipinski definition) is 1. The van der Waals surface area contributed by atoms with E-state index in [4.69, 9.17) is 18.0 Å². The molecule has 3 heteroatoms. The van der Waals surface area contributed by atoms with E-state index in [1.54, 1.807) is 0 Å². The molecule has 0 amide bonds. The van der Waals surface area contributed by atoms with Crippen molar-refractivity contribution >= 4 is 17.2 Å². The smallest absolute Gasteiger partial charge is 0.122 e. The molecule has 0 atom stereocenters. The largest absolute Gasteiger partial charge is 0.388 e. The second kappa shape index (κ2) is 2.96. The SMILES string of the molecule is Cc1ccc(C)c(C(N)=S)n1. The third-order valence-electron chi connectivity index (χ3n) is 1.47. The summed E-state index contributed by atoms with van der Waals surface area (Å²) >= 11 is 4.82. The number of aryl methyl sites for hydroxylation is 2. The zero-order valence-electron chi connectivity index (χ0n) is 6.59. The van der Waals surface area contributed by atoms with Crippen LogP contribution in [0.1, 0.15) is 17.0 Å². The van der Waals surface area contributed by atoms with E-state index >= 15 is 0 Å². The van der Waals surface area contributed by atoms with Crippen LogP contribution in [-0.2, 0) is 0 Å². The van der Waals surface area contributed by atoms with Gasteiger partial charge in [-0.2, -0.15) is 0 Å². The molecular formula is C8H10N2S. The second-order valence-corrected chi connectivity index (χ2v) is 2.92. The highest BCUT2D eigenvalue weighted by Gasteiger charge is 2.01. The van der Waals surface area contributed by atoms with E-state index in [0.29, 0.717) is 4.99 Å². The van der Waals surface area contributed by atoms with Gasteiger partial charge in [0.05, 0.1) is 0 Å². The topological polar surface area (TPSA) is 38.9 Å². The van der Waals surface area contributed by atoms with Crippen LogP contribution in [0.25, 0.3) is 0 Å². The summed E-state index contributed by atoms with van der Waals surface area (Å²) in [6, 6.07) is 3.91. The molecule has 0 spiro atoms. The summed E-state index contributed by atoms with van der Waals surface area (Å²) in [5.74, 6) is 0. The van der Waals surface area contributed by atoms with Crippen LogP contribution in [0.2, 0.25) is 0 Å². The molecule has 0 saturated heterocycles. The monoisotopic (exact) mass is 166 g/mol. The lowest BCUT2D eigenvalue weighted by atomic mass is 10.2. The molecule has 1 heterocycles. The summed E-state index contributed by atoms with van der Waals surface area (Å²) in [7, 11) is 0. The number of nitrogens with zero attached hydrogens (tertiary/aromatic N) is 1. The van der Waals surface area contributed by atoms with Crippen molar-refractivity contribution in [1.29, 1.82) is 0 Å². The van der Waals surface area contributed by atoms with Gasteiger partial charge in [-0.05, 0) is 25.5 Å². The first-order valence-corrected chi connectivity index (χ1v) is 3.76. The number of thiocarbonyl (C=S) groups is 1. The first-order valence-electron chi connectivity index (χ1n) is 3.35. The Hall–Kier alpha value is -0.960. The highest BCUT2D eigenvalue weighted by atomic mass is 32.1. The highest BCUT2D eigenvalue weighted by molar-refractivity contribution is 7.80. The lowest BCUT2D eigenvalue weighted by Gasteiger charge is -2.02. The van der Waals surface area contributed by atoms with Crippen LogP contribution in [0.3, 0.4) is 0 Å². The summed E-state index contributed by atoms with van der Waals surface area (Å²) in [4.78, 5) is 4.57. The Labute approximate surface area is 71.4 Å². The Bertz CT molecular complexity index is 294. The van der Waals surface area contributed by atoms with Crippen LogP contribution < -0.4 is 5.73 Å². The van der Waals surface area contributed by atoms with Crippen LogP contribution in [0.15, 0.2) is 12.1 Å². The molecule has 1 aromatic rings. The fourth-order valence-electron chi connectivity index (χ4n) is 0.876. The van der Waals surface area contributed by atoms with Gasteiger partial charge in [0.15, 0.2) is 0 Å². The lowest BCUT2D eigenvalue weighted by molar-refractivity contribution is 1.15. The summed E-state index contributed by atoms with van der Waals surface area (Å²) in [5.41, 5.74) is 8.16. The fourth-order valence-corrected chi connectivity index (χ4v) is 1.08. The maximum Gasteiger partial charge on any atom is 0.122 e. The first kappa shape index (κ1) is 8.14. The molecule has 0 radical (unpaired) electrons. The van der Waals surface area contributed by atoms with Gasteiger partial charge in [0.25, 0.3) is 0 Å². The van der Waals surface area contributed by atoms with E-state index in [2.05, 4.69) is 4.98 Å². The molecule has 58 valence electrons. The molecule has 2 nitrogen and oxygen atoms in total. The number of nitrogens with two attached hydrogens (primary N) is 1. The van der Waals surface area contributed by atoms with Gasteiger partial charge in [-0.3, -0.25) is 4.98 Å². The van der Waals surface area contributed by atoms with Crippen molar-refractivity contribution in [1.82, 2.24) is 4.98 Å². The van der Waals surface area contributed by atoms with E-state index in [1.165, 1.54) is 0 Å². The Kier molecular flexibility index (Phi) is 2.19. The fraction of sp³-hybridized carbons (Fsp3) is 0.250. The second-order valence-electron chi connectivity index (χ2n) is 2.48. The molecule has 2 N–H and O–H groups in total. The van der Waals surface area contributed by atoms with Gasteiger partial charge in [0.1, 0.15) is 10.7 Å². The van der Waals surface area contributed by atoms with Crippen molar-refractivity contribution in [3.63, 3.8) is 0 Å². The normalized spacial score (nSPS) is 9.64. The van der Waals surface area contributed by atoms with Gasteiger partial charge < -0.3 is 5.73 Å². The van der Waals surface area contributed by atoms with Crippen molar-refractivity contribution in [3.05, 3.63) is 29.1 Å². The number of pyridine rings is 1. The maximum atomic E-state index is 5.45. The summed E-state index contributed by atoms with van der Waals surface area (Å²) in [6.45, 7) is 3.86. The van der Waals surface area contributed by atoms with Crippen LogP contribution in [0, 0.1) is 13.8 Å². The quantitative estimate of drug-likeness (QED) is 0.640. The molecule has 0 aliphatic heterocycles. The minimum Gasteiger partial charge on any atom is -0.388 e. The molecular weight excluding hydrogens is 156 g/mol. The minimum absolute atomic E-state index is 0.367. The van der Waals surface area contributed by atoms with E-state index in [9.17, 15) is 0 Å². The molecule has 0 aliphatic rings. The standard InChI is InChI=1S/C8H10N2S/c1-5-3-4-6(2)10-7(5)8(9)11/h3-4H,1-2H3,(H2,9,11). The van der Waals surface area contributed by atoms with Crippen LogP contribution in [0.4, 0.5) is 0 Å². The van der Waals surface area contributed by atoms with Crippen molar-refractivity contribution in [2.45, 2.75) is 13.8 Å². The van der Waals surface area contributed by atoms with Crippen molar-refractivity contribution in [2.75, 3.05) is 0 Å². The predicted octanol–water partition coefficient (Wildman–Crippen LogP) is 1.33. The molecule has 0 unspecified atom stereocenters. The molecule has 1 rings (SSSR count). The average molecular weight is 166 g/mol. The molecule has 0 fully saturated rings. The molecule has 1 aromatic heterocycles. The Morgan fingerprint density at radius 1 is 1.45 bits per heavy atom. The number of hydrogen-bond acceptors (Lipinski definition) is 2. The number of aromatic nitrogens is 1. The van der Waals surface area contributed by atoms with Gasteiger partial charge in [0.2, 0.25) is 0 Å². The molecule has 0 bridgehead atoms. The minimum atomic E-state index is 0.367. The van der Waals surface area contributed by atoms with E-state index in [-0.39, 0.29) is 0 Å². The van der Waals surface area contributed by atoms with Gasteiger partial charge in [-0.1, -0.05) is 18.3 Å². The third kappa shape index (κ3) is 1.74. The van der Waals surface area contributed by atoms with Crippen LogP contribution >= 0.6 is 12.2 Å². The maximum absolute atomic E-state index is 5.45. The Balaban J connectivity index is 3.23.